The minimum Gasteiger partial charge on any atom is -0.396 e. The van der Waals surface area contributed by atoms with Gasteiger partial charge in [0.05, 0.1) is 6.04 Å². The van der Waals surface area contributed by atoms with Gasteiger partial charge in [-0.3, -0.25) is 9.69 Å². The van der Waals surface area contributed by atoms with Gasteiger partial charge in [-0.2, -0.15) is 0 Å². The summed E-state index contributed by atoms with van der Waals surface area (Å²) in [5.74, 6) is 0.185. The number of hydrogen-bond donors (Lipinski definition) is 1. The quantitative estimate of drug-likeness (QED) is 0.795. The summed E-state index contributed by atoms with van der Waals surface area (Å²) in [6.07, 6.45) is 5.57. The highest BCUT2D eigenvalue weighted by molar-refractivity contribution is 5.82. The lowest BCUT2D eigenvalue weighted by molar-refractivity contribution is -0.146. The Kier molecular flexibility index (Phi) is 4.05. The first-order valence-corrected chi connectivity index (χ1v) is 6.78. The number of likely N-dealkylation sites (N-methyl/N-ethyl adjacent to an activating group) is 1. The molecule has 2 aliphatic rings. The van der Waals surface area contributed by atoms with Crippen LogP contribution in [0, 0.1) is 0 Å². The zero-order valence-electron chi connectivity index (χ0n) is 10.9. The second-order valence-electron chi connectivity index (χ2n) is 5.46. The highest BCUT2D eigenvalue weighted by Gasteiger charge is 2.40. The molecule has 0 radical (unpaired) electrons. The van der Waals surface area contributed by atoms with Crippen LogP contribution < -0.4 is 0 Å². The van der Waals surface area contributed by atoms with Crippen molar-refractivity contribution < 1.29 is 9.90 Å². The molecule has 0 bridgehead atoms. The first-order chi connectivity index (χ1) is 8.15. The zero-order valence-corrected chi connectivity index (χ0v) is 10.9. The molecule has 0 aromatic carbocycles. The van der Waals surface area contributed by atoms with Crippen LogP contribution in [0.4, 0.5) is 0 Å². The molecular formula is C13H24N2O2. The molecule has 1 saturated heterocycles. The topological polar surface area (TPSA) is 43.8 Å². The standard InChI is InChI=1S/C13H24N2O2/c1-10-9-15(11-5-3-4-6-11)12(7-8-16)13(17)14(10)2/h10-12,16H,3-9H2,1-2H3. The third-order valence-electron chi connectivity index (χ3n) is 4.37. The summed E-state index contributed by atoms with van der Waals surface area (Å²) in [5, 5.41) is 9.15. The van der Waals surface area contributed by atoms with Gasteiger partial charge in [-0.15, -0.1) is 0 Å². The van der Waals surface area contributed by atoms with Crippen molar-refractivity contribution >= 4 is 5.91 Å². The van der Waals surface area contributed by atoms with Gasteiger partial charge in [0.15, 0.2) is 0 Å². The van der Waals surface area contributed by atoms with Gasteiger partial charge in [-0.1, -0.05) is 12.8 Å². The Hall–Kier alpha value is -0.610. The molecule has 4 heteroatoms. The molecule has 2 atom stereocenters. The van der Waals surface area contributed by atoms with E-state index in [1.807, 2.05) is 11.9 Å². The van der Waals surface area contributed by atoms with Gasteiger partial charge >= 0.3 is 0 Å². The third kappa shape index (κ3) is 2.47. The summed E-state index contributed by atoms with van der Waals surface area (Å²) in [7, 11) is 1.88. The number of hydrogen-bond acceptors (Lipinski definition) is 3. The molecule has 1 saturated carbocycles. The molecule has 1 aliphatic carbocycles. The number of aliphatic hydroxyl groups excluding tert-OH is 1. The average molecular weight is 240 g/mol. The smallest absolute Gasteiger partial charge is 0.240 e. The Labute approximate surface area is 104 Å². The fraction of sp³-hybridized carbons (Fsp3) is 0.923. The van der Waals surface area contributed by atoms with Crippen LogP contribution in [0.3, 0.4) is 0 Å². The Morgan fingerprint density at radius 3 is 2.59 bits per heavy atom. The van der Waals surface area contributed by atoms with E-state index in [2.05, 4.69) is 11.8 Å². The molecular weight excluding hydrogens is 216 g/mol. The van der Waals surface area contributed by atoms with Gasteiger partial charge < -0.3 is 10.0 Å². The van der Waals surface area contributed by atoms with Crippen molar-refractivity contribution in [3.05, 3.63) is 0 Å². The summed E-state index contributed by atoms with van der Waals surface area (Å²) in [5.41, 5.74) is 0. The SMILES string of the molecule is CC1CN(C2CCCC2)C(CCO)C(=O)N1C. The highest BCUT2D eigenvalue weighted by Crippen LogP contribution is 2.29. The van der Waals surface area contributed by atoms with E-state index in [4.69, 9.17) is 5.11 Å². The highest BCUT2D eigenvalue weighted by atomic mass is 16.3. The predicted octanol–water partition coefficient (Wildman–Crippen LogP) is 0.842. The van der Waals surface area contributed by atoms with Crippen LogP contribution in [-0.4, -0.2) is 59.1 Å². The average Bonchev–Trinajstić information content (AvgIpc) is 2.83. The number of carbonyl (C=O) groups excluding carboxylic acids is 1. The molecule has 4 nitrogen and oxygen atoms in total. The first kappa shape index (κ1) is 12.8. The Bertz CT molecular complexity index is 277. The van der Waals surface area contributed by atoms with Crippen molar-refractivity contribution in [3.63, 3.8) is 0 Å². The summed E-state index contributed by atoms with van der Waals surface area (Å²) >= 11 is 0. The van der Waals surface area contributed by atoms with Gasteiger partial charge in [0.25, 0.3) is 0 Å². The van der Waals surface area contributed by atoms with E-state index >= 15 is 0 Å². The zero-order chi connectivity index (χ0) is 12.4. The van der Waals surface area contributed by atoms with Crippen LogP contribution in [-0.2, 0) is 4.79 Å². The predicted molar refractivity (Wildman–Crippen MR) is 66.7 cm³/mol. The second-order valence-corrected chi connectivity index (χ2v) is 5.46. The van der Waals surface area contributed by atoms with Crippen molar-refractivity contribution in [1.82, 2.24) is 9.80 Å². The van der Waals surface area contributed by atoms with E-state index in [-0.39, 0.29) is 24.6 Å². The van der Waals surface area contributed by atoms with Crippen LogP contribution in [0.15, 0.2) is 0 Å². The monoisotopic (exact) mass is 240 g/mol. The molecule has 17 heavy (non-hydrogen) atoms. The van der Waals surface area contributed by atoms with Crippen molar-refractivity contribution in [2.24, 2.45) is 0 Å². The molecule has 0 spiro atoms. The summed E-state index contributed by atoms with van der Waals surface area (Å²) in [4.78, 5) is 16.5. The lowest BCUT2D eigenvalue weighted by atomic mass is 10.0. The number of aliphatic hydroxyl groups is 1. The van der Waals surface area contributed by atoms with Crippen molar-refractivity contribution in [1.29, 1.82) is 0 Å². The van der Waals surface area contributed by atoms with Crippen LogP contribution in [0.2, 0.25) is 0 Å². The van der Waals surface area contributed by atoms with Crippen LogP contribution in [0.25, 0.3) is 0 Å². The van der Waals surface area contributed by atoms with E-state index in [9.17, 15) is 4.79 Å². The first-order valence-electron chi connectivity index (χ1n) is 6.78. The van der Waals surface area contributed by atoms with E-state index < -0.39 is 0 Å². The molecule has 2 fully saturated rings. The van der Waals surface area contributed by atoms with Crippen LogP contribution in [0.5, 0.6) is 0 Å². The van der Waals surface area contributed by atoms with E-state index in [0.29, 0.717) is 12.5 Å². The molecule has 1 aliphatic heterocycles. The summed E-state index contributed by atoms with van der Waals surface area (Å²) < 4.78 is 0. The lowest BCUT2D eigenvalue weighted by Crippen LogP contribution is -2.61. The molecule has 98 valence electrons. The maximum Gasteiger partial charge on any atom is 0.240 e. The summed E-state index contributed by atoms with van der Waals surface area (Å²) in [6, 6.07) is 0.758. The Morgan fingerprint density at radius 2 is 2.00 bits per heavy atom. The molecule has 2 rings (SSSR count). The number of carbonyl (C=O) groups is 1. The Morgan fingerprint density at radius 1 is 1.35 bits per heavy atom. The van der Waals surface area contributed by atoms with Gasteiger partial charge in [0.1, 0.15) is 0 Å². The molecule has 1 amide bonds. The number of rotatable bonds is 3. The summed E-state index contributed by atoms with van der Waals surface area (Å²) in [6.45, 7) is 3.16. The van der Waals surface area contributed by atoms with Crippen molar-refractivity contribution in [2.45, 2.75) is 57.2 Å². The molecule has 0 aromatic rings. The van der Waals surface area contributed by atoms with E-state index in [0.717, 1.165) is 6.54 Å². The fourth-order valence-corrected chi connectivity index (χ4v) is 3.20. The van der Waals surface area contributed by atoms with Gasteiger partial charge in [0, 0.05) is 32.3 Å². The lowest BCUT2D eigenvalue weighted by Gasteiger charge is -2.45. The molecule has 1 heterocycles. The maximum atomic E-state index is 12.3. The number of piperazine rings is 1. The van der Waals surface area contributed by atoms with Gasteiger partial charge in [-0.05, 0) is 26.2 Å². The maximum absolute atomic E-state index is 12.3. The van der Waals surface area contributed by atoms with Crippen LogP contribution >= 0.6 is 0 Å². The number of amides is 1. The largest absolute Gasteiger partial charge is 0.396 e. The fourth-order valence-electron chi connectivity index (χ4n) is 3.20. The Balaban J connectivity index is 2.12. The van der Waals surface area contributed by atoms with Gasteiger partial charge in [0.2, 0.25) is 5.91 Å². The van der Waals surface area contributed by atoms with E-state index in [1.165, 1.54) is 25.7 Å². The van der Waals surface area contributed by atoms with Crippen LogP contribution in [0.1, 0.15) is 39.0 Å². The van der Waals surface area contributed by atoms with Crippen molar-refractivity contribution in [2.75, 3.05) is 20.2 Å². The second kappa shape index (κ2) is 5.36. The molecule has 2 unspecified atom stereocenters. The van der Waals surface area contributed by atoms with Gasteiger partial charge in [-0.25, -0.2) is 0 Å². The molecule has 1 N–H and O–H groups in total. The normalized spacial score (nSPS) is 32.4. The third-order valence-corrected chi connectivity index (χ3v) is 4.37. The molecule has 0 aromatic heterocycles. The number of nitrogens with zero attached hydrogens (tertiary/aromatic N) is 2. The van der Waals surface area contributed by atoms with Crippen molar-refractivity contribution in [3.8, 4) is 0 Å². The minimum absolute atomic E-state index is 0.0932. The van der Waals surface area contributed by atoms with E-state index in [1.54, 1.807) is 0 Å². The minimum atomic E-state index is -0.0932.